The van der Waals surface area contributed by atoms with Gasteiger partial charge in [-0.25, -0.2) is 0 Å². The Morgan fingerprint density at radius 2 is 2.14 bits per heavy atom. The number of hydrogen-bond donors (Lipinski definition) is 2. The Hall–Kier alpha value is -0.570. The van der Waals surface area contributed by atoms with E-state index in [1.165, 1.54) is 0 Å². The summed E-state index contributed by atoms with van der Waals surface area (Å²) >= 11 is 0. The third-order valence-corrected chi connectivity index (χ3v) is 3.59. The normalized spacial score (nSPS) is 18.0. The molecule has 7 heteroatoms. The highest BCUT2D eigenvalue weighted by molar-refractivity contribution is 14.0. The van der Waals surface area contributed by atoms with E-state index in [4.69, 9.17) is 4.74 Å². The molecule has 0 aliphatic carbocycles. The summed E-state index contributed by atoms with van der Waals surface area (Å²) in [5, 5.41) is 6.61. The molecule has 1 rings (SSSR count). The zero-order valence-corrected chi connectivity index (χ0v) is 16.4. The molecule has 1 saturated heterocycles. The van der Waals surface area contributed by atoms with Gasteiger partial charge in [0.1, 0.15) is 0 Å². The van der Waals surface area contributed by atoms with Crippen molar-refractivity contribution in [2.75, 3.05) is 39.9 Å². The van der Waals surface area contributed by atoms with E-state index in [2.05, 4.69) is 22.5 Å². The number of rotatable bonds is 8. The average molecular weight is 426 g/mol. The van der Waals surface area contributed by atoms with Crippen LogP contribution in [0.4, 0.5) is 0 Å². The molecule has 130 valence electrons. The summed E-state index contributed by atoms with van der Waals surface area (Å²) in [4.78, 5) is 17.8. The first kappa shape index (κ1) is 21.4. The average Bonchev–Trinajstić information content (AvgIpc) is 2.97. The van der Waals surface area contributed by atoms with E-state index in [9.17, 15) is 4.79 Å². The first-order valence-electron chi connectivity index (χ1n) is 8.03. The minimum atomic E-state index is 0. The number of guanidine groups is 1. The van der Waals surface area contributed by atoms with Crippen LogP contribution in [-0.2, 0) is 9.53 Å². The second kappa shape index (κ2) is 12.9. The quantitative estimate of drug-likeness (QED) is 0.268. The van der Waals surface area contributed by atoms with Crippen molar-refractivity contribution < 1.29 is 9.53 Å². The minimum Gasteiger partial charge on any atom is -0.380 e. The molecule has 2 N–H and O–H groups in total. The largest absolute Gasteiger partial charge is 0.380 e. The topological polar surface area (TPSA) is 66.0 Å². The lowest BCUT2D eigenvalue weighted by molar-refractivity contribution is -0.129. The molecule has 0 aromatic carbocycles. The third kappa shape index (κ3) is 8.17. The fraction of sp³-hybridized carbons (Fsp3) is 0.867. The van der Waals surface area contributed by atoms with Gasteiger partial charge in [-0.3, -0.25) is 9.79 Å². The molecule has 1 heterocycles. The van der Waals surface area contributed by atoms with Gasteiger partial charge in [-0.15, -0.1) is 24.0 Å². The molecule has 6 nitrogen and oxygen atoms in total. The lowest BCUT2D eigenvalue weighted by Crippen LogP contribution is -2.45. The first-order valence-corrected chi connectivity index (χ1v) is 8.03. The summed E-state index contributed by atoms with van der Waals surface area (Å²) in [5.41, 5.74) is 0. The van der Waals surface area contributed by atoms with Gasteiger partial charge in [-0.2, -0.15) is 0 Å². The van der Waals surface area contributed by atoms with Gasteiger partial charge >= 0.3 is 0 Å². The third-order valence-electron chi connectivity index (χ3n) is 3.59. The number of carbonyl (C=O) groups excluding carboxylic acids is 1. The Balaban J connectivity index is 0.00000441. The van der Waals surface area contributed by atoms with E-state index in [1.54, 1.807) is 7.05 Å². The molecule has 1 fully saturated rings. The van der Waals surface area contributed by atoms with Crippen LogP contribution < -0.4 is 10.6 Å². The number of likely N-dealkylation sites (tertiary alicyclic amines) is 1. The summed E-state index contributed by atoms with van der Waals surface area (Å²) in [6, 6.07) is 0.285. The van der Waals surface area contributed by atoms with Gasteiger partial charge in [0.15, 0.2) is 5.96 Å². The number of carbonyl (C=O) groups is 1. The van der Waals surface area contributed by atoms with Crippen LogP contribution in [0.15, 0.2) is 4.99 Å². The van der Waals surface area contributed by atoms with E-state index >= 15 is 0 Å². The molecule has 22 heavy (non-hydrogen) atoms. The number of ether oxygens (including phenoxy) is 1. The fourth-order valence-electron chi connectivity index (χ4n) is 2.31. The Labute approximate surface area is 151 Å². The smallest absolute Gasteiger partial charge is 0.222 e. The molecule has 0 radical (unpaired) electrons. The van der Waals surface area contributed by atoms with Crippen molar-refractivity contribution in [1.29, 1.82) is 0 Å². The summed E-state index contributed by atoms with van der Waals surface area (Å²) in [6.45, 7) is 7.91. The lowest BCUT2D eigenvalue weighted by atomic mass is 10.3. The van der Waals surface area contributed by atoms with Crippen LogP contribution in [0, 0.1) is 0 Å². The number of hydrogen-bond acceptors (Lipinski definition) is 3. The number of nitrogens with one attached hydrogen (secondary N) is 2. The predicted molar refractivity (Wildman–Crippen MR) is 101 cm³/mol. The second-order valence-corrected chi connectivity index (χ2v) is 5.29. The van der Waals surface area contributed by atoms with Crippen LogP contribution in [0.2, 0.25) is 0 Å². The number of halogens is 1. The Morgan fingerprint density at radius 3 is 2.77 bits per heavy atom. The van der Waals surface area contributed by atoms with Gasteiger partial charge in [0, 0.05) is 45.8 Å². The highest BCUT2D eigenvalue weighted by atomic mass is 127. The van der Waals surface area contributed by atoms with E-state index in [0.717, 1.165) is 51.5 Å². The predicted octanol–water partition coefficient (Wildman–Crippen LogP) is 1.60. The maximum Gasteiger partial charge on any atom is 0.222 e. The maximum absolute atomic E-state index is 11.6. The minimum absolute atomic E-state index is 0. The Morgan fingerprint density at radius 1 is 1.36 bits per heavy atom. The molecule has 0 aromatic rings. The van der Waals surface area contributed by atoms with Crippen molar-refractivity contribution >= 4 is 35.8 Å². The van der Waals surface area contributed by atoms with E-state index < -0.39 is 0 Å². The van der Waals surface area contributed by atoms with Gasteiger partial charge in [0.05, 0.1) is 6.61 Å². The van der Waals surface area contributed by atoms with Gasteiger partial charge in [0.25, 0.3) is 0 Å². The number of nitrogens with zero attached hydrogens (tertiary/aromatic N) is 2. The van der Waals surface area contributed by atoms with E-state index in [0.29, 0.717) is 13.0 Å². The van der Waals surface area contributed by atoms with Crippen molar-refractivity contribution in [3.8, 4) is 0 Å². The molecule has 1 aliphatic heterocycles. The highest BCUT2D eigenvalue weighted by Crippen LogP contribution is 2.10. The van der Waals surface area contributed by atoms with Crippen molar-refractivity contribution in [2.45, 2.75) is 45.6 Å². The van der Waals surface area contributed by atoms with Crippen molar-refractivity contribution in [2.24, 2.45) is 4.99 Å². The van der Waals surface area contributed by atoms with Gasteiger partial charge in [-0.05, 0) is 12.8 Å². The van der Waals surface area contributed by atoms with Crippen LogP contribution in [0.1, 0.15) is 39.5 Å². The molecule has 0 bridgehead atoms. The molecule has 0 saturated carbocycles. The molecule has 0 aromatic heterocycles. The fourth-order valence-corrected chi connectivity index (χ4v) is 2.31. The van der Waals surface area contributed by atoms with Crippen molar-refractivity contribution in [3.05, 3.63) is 0 Å². The Bertz CT molecular complexity index is 340. The SMILES string of the molecule is CCCCOCCNC(=NC)NC1CCN(C(=O)CC)C1.I. The molecule has 0 spiro atoms. The van der Waals surface area contributed by atoms with Crippen LogP contribution in [0.3, 0.4) is 0 Å². The summed E-state index contributed by atoms with van der Waals surface area (Å²) in [7, 11) is 1.76. The molecular weight excluding hydrogens is 395 g/mol. The Kier molecular flexibility index (Phi) is 12.6. The molecule has 1 aliphatic rings. The summed E-state index contributed by atoms with van der Waals surface area (Å²) in [5.74, 6) is 1.01. The second-order valence-electron chi connectivity index (χ2n) is 5.29. The highest BCUT2D eigenvalue weighted by Gasteiger charge is 2.25. The van der Waals surface area contributed by atoms with Gasteiger partial charge < -0.3 is 20.3 Å². The molecular formula is C15H31IN4O2. The molecule has 1 unspecified atom stereocenters. The van der Waals surface area contributed by atoms with E-state index in [-0.39, 0.29) is 35.9 Å². The van der Waals surface area contributed by atoms with Crippen molar-refractivity contribution in [3.63, 3.8) is 0 Å². The van der Waals surface area contributed by atoms with Crippen molar-refractivity contribution in [1.82, 2.24) is 15.5 Å². The van der Waals surface area contributed by atoms with Crippen LogP contribution in [-0.4, -0.2) is 62.7 Å². The first-order chi connectivity index (χ1) is 10.2. The van der Waals surface area contributed by atoms with Crippen LogP contribution in [0.25, 0.3) is 0 Å². The van der Waals surface area contributed by atoms with E-state index in [1.807, 2.05) is 11.8 Å². The zero-order valence-electron chi connectivity index (χ0n) is 14.1. The summed E-state index contributed by atoms with van der Waals surface area (Å²) in [6.07, 6.45) is 3.82. The molecule has 1 amide bonds. The standard InChI is InChI=1S/C15H30N4O2.HI/c1-4-6-10-21-11-8-17-15(16-3)18-13-7-9-19(12-13)14(20)5-2;/h13H,4-12H2,1-3H3,(H2,16,17,18);1H. The van der Waals surface area contributed by atoms with Gasteiger partial charge in [-0.1, -0.05) is 20.3 Å². The maximum atomic E-state index is 11.6. The number of amides is 1. The zero-order chi connectivity index (χ0) is 15.5. The van der Waals surface area contributed by atoms with Crippen LogP contribution >= 0.6 is 24.0 Å². The number of aliphatic imine (C=N–C) groups is 1. The number of unbranched alkanes of at least 4 members (excludes halogenated alkanes) is 1. The summed E-state index contributed by atoms with van der Waals surface area (Å²) < 4.78 is 5.50. The van der Waals surface area contributed by atoms with Crippen LogP contribution in [0.5, 0.6) is 0 Å². The molecule has 1 atom stereocenters. The monoisotopic (exact) mass is 426 g/mol. The van der Waals surface area contributed by atoms with Gasteiger partial charge in [0.2, 0.25) is 5.91 Å². The lowest BCUT2D eigenvalue weighted by Gasteiger charge is -2.18.